The molecule has 0 aliphatic carbocycles. The highest BCUT2D eigenvalue weighted by Gasteiger charge is 2.05. The lowest BCUT2D eigenvalue weighted by Crippen LogP contribution is -2.02. The lowest BCUT2D eigenvalue weighted by molar-refractivity contribution is 0.0600. The Balaban J connectivity index is 2.68. The molecule has 0 aliphatic rings. The van der Waals surface area contributed by atoms with Crippen LogP contribution in [0.4, 0.5) is 0 Å². The van der Waals surface area contributed by atoms with Crippen LogP contribution in [-0.4, -0.2) is 13.1 Å². The molecule has 0 spiro atoms. The van der Waals surface area contributed by atoms with E-state index in [0.29, 0.717) is 11.5 Å². The van der Waals surface area contributed by atoms with E-state index < -0.39 is 0 Å². The summed E-state index contributed by atoms with van der Waals surface area (Å²) < 4.78 is 4.64. The molecule has 0 aliphatic heterocycles. The molecule has 0 saturated carbocycles. The predicted molar refractivity (Wildman–Crippen MR) is 60.9 cm³/mol. The SMILES string of the molecule is CCC(C)Cc1ccc(C(=O)OC)cc1. The van der Waals surface area contributed by atoms with Gasteiger partial charge in [-0.05, 0) is 30.0 Å². The van der Waals surface area contributed by atoms with Gasteiger partial charge in [-0.15, -0.1) is 0 Å². The third-order valence-corrected chi connectivity index (χ3v) is 2.66. The molecule has 1 aromatic carbocycles. The molecule has 1 unspecified atom stereocenters. The summed E-state index contributed by atoms with van der Waals surface area (Å²) in [6, 6.07) is 7.64. The maximum atomic E-state index is 11.2. The molecule has 82 valence electrons. The highest BCUT2D eigenvalue weighted by Crippen LogP contribution is 2.12. The van der Waals surface area contributed by atoms with Crippen molar-refractivity contribution in [3.63, 3.8) is 0 Å². The molecule has 0 N–H and O–H groups in total. The number of carbonyl (C=O) groups is 1. The Labute approximate surface area is 91.3 Å². The van der Waals surface area contributed by atoms with Crippen LogP contribution >= 0.6 is 0 Å². The lowest BCUT2D eigenvalue weighted by atomic mass is 9.98. The van der Waals surface area contributed by atoms with Gasteiger partial charge in [-0.1, -0.05) is 32.4 Å². The highest BCUT2D eigenvalue weighted by atomic mass is 16.5. The number of hydrogen-bond acceptors (Lipinski definition) is 2. The third kappa shape index (κ3) is 3.39. The molecule has 1 aromatic rings. The summed E-state index contributed by atoms with van der Waals surface area (Å²) in [6.45, 7) is 4.42. The maximum Gasteiger partial charge on any atom is 0.337 e. The van der Waals surface area contributed by atoms with Gasteiger partial charge in [-0.3, -0.25) is 0 Å². The lowest BCUT2D eigenvalue weighted by Gasteiger charge is -2.08. The second kappa shape index (κ2) is 5.54. The standard InChI is InChI=1S/C13H18O2/c1-4-10(2)9-11-5-7-12(8-6-11)13(14)15-3/h5-8,10H,4,9H2,1-3H3. The van der Waals surface area contributed by atoms with E-state index >= 15 is 0 Å². The molecule has 0 fully saturated rings. The van der Waals surface area contributed by atoms with Gasteiger partial charge in [0.15, 0.2) is 0 Å². The molecule has 0 amide bonds. The molecule has 2 heteroatoms. The first-order valence-corrected chi connectivity index (χ1v) is 5.34. The summed E-state index contributed by atoms with van der Waals surface area (Å²) in [4.78, 5) is 11.2. The van der Waals surface area contributed by atoms with E-state index in [4.69, 9.17) is 0 Å². The van der Waals surface area contributed by atoms with Crippen LogP contribution in [-0.2, 0) is 11.2 Å². The van der Waals surface area contributed by atoms with E-state index in [0.717, 1.165) is 6.42 Å². The zero-order valence-corrected chi connectivity index (χ0v) is 9.62. The van der Waals surface area contributed by atoms with E-state index in [1.54, 1.807) is 0 Å². The van der Waals surface area contributed by atoms with E-state index in [1.807, 2.05) is 24.3 Å². The molecule has 2 nitrogen and oxygen atoms in total. The van der Waals surface area contributed by atoms with Crippen molar-refractivity contribution in [2.24, 2.45) is 5.92 Å². The highest BCUT2D eigenvalue weighted by molar-refractivity contribution is 5.89. The van der Waals surface area contributed by atoms with Crippen molar-refractivity contribution in [1.29, 1.82) is 0 Å². The van der Waals surface area contributed by atoms with Gasteiger partial charge in [0.05, 0.1) is 12.7 Å². The molecule has 1 rings (SSSR count). The number of ether oxygens (including phenoxy) is 1. The summed E-state index contributed by atoms with van der Waals surface area (Å²) in [6.07, 6.45) is 2.25. The van der Waals surface area contributed by atoms with Crippen LogP contribution in [0.2, 0.25) is 0 Å². The first-order chi connectivity index (χ1) is 7.17. The largest absolute Gasteiger partial charge is 0.465 e. The van der Waals surface area contributed by atoms with E-state index in [-0.39, 0.29) is 5.97 Å². The number of benzene rings is 1. The van der Waals surface area contributed by atoms with Gasteiger partial charge in [0.25, 0.3) is 0 Å². The first-order valence-electron chi connectivity index (χ1n) is 5.34. The molecule has 0 radical (unpaired) electrons. The number of hydrogen-bond donors (Lipinski definition) is 0. The average molecular weight is 206 g/mol. The van der Waals surface area contributed by atoms with Crippen LogP contribution in [0.3, 0.4) is 0 Å². The van der Waals surface area contributed by atoms with Crippen LogP contribution in [0, 0.1) is 5.92 Å². The average Bonchev–Trinajstić information content (AvgIpc) is 2.29. The van der Waals surface area contributed by atoms with E-state index in [1.165, 1.54) is 19.1 Å². The summed E-state index contributed by atoms with van der Waals surface area (Å²) in [5, 5.41) is 0. The second-order valence-corrected chi connectivity index (χ2v) is 3.91. The monoisotopic (exact) mass is 206 g/mol. The van der Waals surface area contributed by atoms with Crippen LogP contribution in [0.25, 0.3) is 0 Å². The fraction of sp³-hybridized carbons (Fsp3) is 0.462. The van der Waals surface area contributed by atoms with Gasteiger partial charge < -0.3 is 4.74 Å². The Morgan fingerprint density at radius 3 is 2.40 bits per heavy atom. The number of esters is 1. The minimum absolute atomic E-state index is 0.273. The molecule has 15 heavy (non-hydrogen) atoms. The summed E-state index contributed by atoms with van der Waals surface area (Å²) in [7, 11) is 1.40. The Hall–Kier alpha value is -1.31. The number of methoxy groups -OCH3 is 1. The summed E-state index contributed by atoms with van der Waals surface area (Å²) in [5.41, 5.74) is 1.89. The van der Waals surface area contributed by atoms with Crippen molar-refractivity contribution >= 4 is 5.97 Å². The van der Waals surface area contributed by atoms with Crippen LogP contribution in [0.5, 0.6) is 0 Å². The Bertz CT molecular complexity index is 314. The number of rotatable bonds is 4. The van der Waals surface area contributed by atoms with Gasteiger partial charge in [0.1, 0.15) is 0 Å². The molecule has 0 aromatic heterocycles. The van der Waals surface area contributed by atoms with Crippen LogP contribution in [0.1, 0.15) is 36.2 Å². The van der Waals surface area contributed by atoms with Gasteiger partial charge in [-0.2, -0.15) is 0 Å². The quantitative estimate of drug-likeness (QED) is 0.708. The normalized spacial score (nSPS) is 12.2. The third-order valence-electron chi connectivity index (χ3n) is 2.66. The van der Waals surface area contributed by atoms with Crippen molar-refractivity contribution in [2.75, 3.05) is 7.11 Å². The van der Waals surface area contributed by atoms with E-state index in [2.05, 4.69) is 18.6 Å². The Morgan fingerprint density at radius 2 is 1.93 bits per heavy atom. The van der Waals surface area contributed by atoms with Crippen molar-refractivity contribution in [3.8, 4) is 0 Å². The Kier molecular flexibility index (Phi) is 4.35. The molecular weight excluding hydrogens is 188 g/mol. The minimum atomic E-state index is -0.273. The molecule has 0 heterocycles. The van der Waals surface area contributed by atoms with Crippen molar-refractivity contribution in [2.45, 2.75) is 26.7 Å². The van der Waals surface area contributed by atoms with Gasteiger partial charge in [0, 0.05) is 0 Å². The van der Waals surface area contributed by atoms with E-state index in [9.17, 15) is 4.79 Å². The van der Waals surface area contributed by atoms with Gasteiger partial charge >= 0.3 is 5.97 Å². The van der Waals surface area contributed by atoms with Crippen LogP contribution in [0.15, 0.2) is 24.3 Å². The smallest absolute Gasteiger partial charge is 0.337 e. The molecule has 0 bridgehead atoms. The second-order valence-electron chi connectivity index (χ2n) is 3.91. The predicted octanol–water partition coefficient (Wildman–Crippen LogP) is 3.06. The first kappa shape index (κ1) is 11.8. The van der Waals surface area contributed by atoms with Crippen molar-refractivity contribution in [1.82, 2.24) is 0 Å². The Morgan fingerprint density at radius 1 is 1.33 bits per heavy atom. The van der Waals surface area contributed by atoms with Crippen molar-refractivity contribution < 1.29 is 9.53 Å². The van der Waals surface area contributed by atoms with Crippen molar-refractivity contribution in [3.05, 3.63) is 35.4 Å². The number of carbonyl (C=O) groups excluding carboxylic acids is 1. The zero-order valence-electron chi connectivity index (χ0n) is 9.62. The summed E-state index contributed by atoms with van der Waals surface area (Å²) >= 11 is 0. The zero-order chi connectivity index (χ0) is 11.3. The van der Waals surface area contributed by atoms with Gasteiger partial charge in [-0.25, -0.2) is 4.79 Å². The fourth-order valence-electron chi connectivity index (χ4n) is 1.44. The van der Waals surface area contributed by atoms with Crippen LogP contribution < -0.4 is 0 Å². The summed E-state index contributed by atoms with van der Waals surface area (Å²) in [5.74, 6) is 0.416. The minimum Gasteiger partial charge on any atom is -0.465 e. The fourth-order valence-corrected chi connectivity index (χ4v) is 1.44. The van der Waals surface area contributed by atoms with Gasteiger partial charge in [0.2, 0.25) is 0 Å². The molecule has 0 saturated heterocycles. The molecule has 1 atom stereocenters. The molecular formula is C13H18O2. The maximum absolute atomic E-state index is 11.2. The topological polar surface area (TPSA) is 26.3 Å².